The number of nitrogens with zero attached hydrogens (tertiary/aromatic N) is 5. The van der Waals surface area contributed by atoms with Crippen LogP contribution in [-0.4, -0.2) is 24.1 Å². The first kappa shape index (κ1) is 15.7. The number of pyridine rings is 1. The molecule has 1 aromatic carbocycles. The van der Waals surface area contributed by atoms with Crippen molar-refractivity contribution in [1.29, 1.82) is 5.41 Å². The van der Waals surface area contributed by atoms with Crippen molar-refractivity contribution in [3.63, 3.8) is 0 Å². The molecule has 7 nitrogen and oxygen atoms in total. The van der Waals surface area contributed by atoms with Crippen LogP contribution in [0.25, 0.3) is 32.3 Å². The van der Waals surface area contributed by atoms with E-state index in [2.05, 4.69) is 29.0 Å². The normalized spacial score (nSPS) is 11.4. The van der Waals surface area contributed by atoms with E-state index in [-0.39, 0.29) is 5.49 Å². The summed E-state index contributed by atoms with van der Waals surface area (Å²) >= 11 is 1.47. The zero-order valence-corrected chi connectivity index (χ0v) is 15.2. The summed E-state index contributed by atoms with van der Waals surface area (Å²) in [6, 6.07) is 13.6. The summed E-state index contributed by atoms with van der Waals surface area (Å²) in [6.45, 7) is 2.05. The maximum atomic E-state index is 7.87. The van der Waals surface area contributed by atoms with Crippen LogP contribution in [0.1, 0.15) is 5.56 Å². The predicted octanol–water partition coefficient (Wildman–Crippen LogP) is 3.17. The molecule has 4 aromatic heterocycles. The molecule has 0 atom stereocenters. The number of aromatic nitrogens is 5. The molecule has 5 rings (SSSR count). The zero-order valence-electron chi connectivity index (χ0n) is 14.4. The Bertz CT molecular complexity index is 1340. The number of fused-ring (bicyclic) bond motifs is 3. The average molecular weight is 373 g/mol. The van der Waals surface area contributed by atoms with Crippen molar-refractivity contribution in [2.75, 3.05) is 5.73 Å². The van der Waals surface area contributed by atoms with E-state index in [1.54, 1.807) is 18.5 Å². The molecule has 0 aliphatic rings. The molecule has 0 spiro atoms. The van der Waals surface area contributed by atoms with Crippen molar-refractivity contribution < 1.29 is 0 Å². The third kappa shape index (κ3) is 2.42. The molecule has 27 heavy (non-hydrogen) atoms. The highest BCUT2D eigenvalue weighted by Gasteiger charge is 2.21. The first-order chi connectivity index (χ1) is 13.1. The molecule has 132 valence electrons. The number of nitrogens with one attached hydrogen (secondary N) is 1. The Morgan fingerprint density at radius 1 is 1.15 bits per heavy atom. The van der Waals surface area contributed by atoms with Crippen LogP contribution in [0.15, 0.2) is 54.9 Å². The first-order valence-corrected chi connectivity index (χ1v) is 9.16. The van der Waals surface area contributed by atoms with Crippen LogP contribution in [0.2, 0.25) is 0 Å². The molecule has 0 aliphatic heterocycles. The van der Waals surface area contributed by atoms with Gasteiger partial charge < -0.3 is 5.73 Å². The van der Waals surface area contributed by atoms with Gasteiger partial charge in [0.15, 0.2) is 16.1 Å². The second-order valence-electron chi connectivity index (χ2n) is 6.28. The van der Waals surface area contributed by atoms with Crippen molar-refractivity contribution in [1.82, 2.24) is 24.1 Å². The maximum absolute atomic E-state index is 7.87. The number of hydrogen-bond donors (Lipinski definition) is 2. The Kier molecular flexibility index (Phi) is 3.34. The van der Waals surface area contributed by atoms with Crippen molar-refractivity contribution >= 4 is 32.5 Å². The van der Waals surface area contributed by atoms with Crippen LogP contribution in [0.3, 0.4) is 0 Å². The highest BCUT2D eigenvalue weighted by atomic mass is 32.1. The van der Waals surface area contributed by atoms with E-state index < -0.39 is 0 Å². The fourth-order valence-electron chi connectivity index (χ4n) is 3.12. The Balaban J connectivity index is 1.94. The van der Waals surface area contributed by atoms with E-state index in [1.165, 1.54) is 16.9 Å². The number of hydrogen-bond acceptors (Lipinski definition) is 6. The van der Waals surface area contributed by atoms with Crippen LogP contribution in [0.5, 0.6) is 0 Å². The van der Waals surface area contributed by atoms with Crippen molar-refractivity contribution in [2.45, 2.75) is 6.92 Å². The number of anilines is 1. The minimum Gasteiger partial charge on any atom is -0.385 e. The number of benzene rings is 1. The van der Waals surface area contributed by atoms with Gasteiger partial charge in [-0.25, -0.2) is 9.67 Å². The molecule has 5 aromatic rings. The third-order valence-corrected chi connectivity index (χ3v) is 5.42. The van der Waals surface area contributed by atoms with Crippen molar-refractivity contribution in [3.05, 3.63) is 65.9 Å². The summed E-state index contributed by atoms with van der Waals surface area (Å²) < 4.78 is 4.68. The molecular formula is C19H15N7S. The van der Waals surface area contributed by atoms with Gasteiger partial charge in [-0.2, -0.15) is 5.10 Å². The Hall–Kier alpha value is -3.52. The number of nitrogens with two attached hydrogens (primary N) is 1. The van der Waals surface area contributed by atoms with E-state index in [1.807, 2.05) is 33.3 Å². The van der Waals surface area contributed by atoms with Gasteiger partial charge in [-0.05, 0) is 31.2 Å². The molecule has 4 heterocycles. The molecule has 0 aliphatic carbocycles. The van der Waals surface area contributed by atoms with Gasteiger partial charge in [0.05, 0.1) is 5.69 Å². The molecule has 3 N–H and O–H groups in total. The minimum atomic E-state index is 0.147. The summed E-state index contributed by atoms with van der Waals surface area (Å²) in [7, 11) is 0. The number of thiazole rings is 1. The lowest BCUT2D eigenvalue weighted by Crippen LogP contribution is -2.11. The van der Waals surface area contributed by atoms with Crippen LogP contribution < -0.4 is 11.2 Å². The third-order valence-electron chi connectivity index (χ3n) is 4.39. The fourth-order valence-corrected chi connectivity index (χ4v) is 4.25. The lowest BCUT2D eigenvalue weighted by Gasteiger charge is -2.06. The lowest BCUT2D eigenvalue weighted by atomic mass is 10.2. The number of nitrogen functional groups attached to an aromatic ring is 1. The molecule has 0 saturated heterocycles. The molecule has 0 unspecified atom stereocenters. The molecule has 8 heteroatoms. The van der Waals surface area contributed by atoms with Gasteiger partial charge in [-0.1, -0.05) is 29.0 Å². The number of aryl methyl sites for hydroxylation is 1. The second kappa shape index (κ2) is 5.75. The van der Waals surface area contributed by atoms with E-state index >= 15 is 0 Å². The molecule has 0 bridgehead atoms. The second-order valence-corrected chi connectivity index (χ2v) is 7.25. The van der Waals surface area contributed by atoms with E-state index in [4.69, 9.17) is 16.2 Å². The molecule has 0 saturated carbocycles. The highest BCUT2D eigenvalue weighted by Crippen LogP contribution is 2.36. The molecular weight excluding hydrogens is 358 g/mol. The largest absolute Gasteiger partial charge is 0.385 e. The topological polar surface area (TPSA) is 97.9 Å². The van der Waals surface area contributed by atoms with Crippen LogP contribution in [-0.2, 0) is 0 Å². The quantitative estimate of drug-likeness (QED) is 0.496. The van der Waals surface area contributed by atoms with E-state index in [0.29, 0.717) is 10.8 Å². The first-order valence-electron chi connectivity index (χ1n) is 8.34. The molecule has 0 radical (unpaired) electrons. The standard InChI is InChI=1S/C19H15N7S/c1-11-4-6-13(7-5-11)26-18-17(16(24-26)12-3-2-8-22-10-12)27-19-23-14(20)9-15(21)25(18)19/h2-10,20H,21H2,1H3. The summed E-state index contributed by atoms with van der Waals surface area (Å²) in [5, 5.41) is 12.7. The lowest BCUT2D eigenvalue weighted by molar-refractivity contribution is 0.888. The molecule has 0 amide bonds. The van der Waals surface area contributed by atoms with Crippen molar-refractivity contribution in [3.8, 4) is 16.9 Å². The van der Waals surface area contributed by atoms with E-state index in [9.17, 15) is 0 Å². The smallest absolute Gasteiger partial charge is 0.199 e. The van der Waals surface area contributed by atoms with Gasteiger partial charge in [0.1, 0.15) is 16.2 Å². The fraction of sp³-hybridized carbons (Fsp3) is 0.0526. The molecule has 0 fully saturated rings. The van der Waals surface area contributed by atoms with Gasteiger partial charge in [-0.15, -0.1) is 0 Å². The van der Waals surface area contributed by atoms with Crippen LogP contribution in [0, 0.1) is 12.3 Å². The van der Waals surface area contributed by atoms with Crippen LogP contribution >= 0.6 is 11.3 Å². The Morgan fingerprint density at radius 3 is 2.70 bits per heavy atom. The van der Waals surface area contributed by atoms with Gasteiger partial charge in [0.2, 0.25) is 0 Å². The summed E-state index contributed by atoms with van der Waals surface area (Å²) in [5.74, 6) is 0.460. The van der Waals surface area contributed by atoms with Gasteiger partial charge in [0, 0.05) is 24.0 Å². The average Bonchev–Trinajstić information content (AvgIpc) is 3.20. The SMILES string of the molecule is Cc1ccc(-n2nc(-c3cccnc3)c3sc4nc(=N)cc(N)n4c32)cc1. The Morgan fingerprint density at radius 2 is 1.96 bits per heavy atom. The summed E-state index contributed by atoms with van der Waals surface area (Å²) in [6.07, 6.45) is 3.53. The van der Waals surface area contributed by atoms with Crippen LogP contribution in [0.4, 0.5) is 5.82 Å². The van der Waals surface area contributed by atoms with E-state index in [0.717, 1.165) is 27.3 Å². The Labute approximate surface area is 157 Å². The summed E-state index contributed by atoms with van der Waals surface area (Å²) in [5.41, 5.74) is 11.1. The minimum absolute atomic E-state index is 0.147. The summed E-state index contributed by atoms with van der Waals surface area (Å²) in [4.78, 5) is 9.23. The maximum Gasteiger partial charge on any atom is 0.199 e. The van der Waals surface area contributed by atoms with Crippen molar-refractivity contribution in [2.24, 2.45) is 0 Å². The number of rotatable bonds is 2. The highest BCUT2D eigenvalue weighted by molar-refractivity contribution is 7.24. The van der Waals surface area contributed by atoms with Gasteiger partial charge in [-0.3, -0.25) is 14.8 Å². The van der Waals surface area contributed by atoms with Gasteiger partial charge in [0.25, 0.3) is 0 Å². The van der Waals surface area contributed by atoms with Gasteiger partial charge >= 0.3 is 0 Å². The predicted molar refractivity (Wildman–Crippen MR) is 106 cm³/mol. The monoisotopic (exact) mass is 373 g/mol. The zero-order chi connectivity index (χ0) is 18.5.